The minimum Gasteiger partial charge on any atom is -0.298 e. The van der Waals surface area contributed by atoms with E-state index in [4.69, 9.17) is 4.55 Å². The fourth-order valence-corrected chi connectivity index (χ4v) is 2.84. The van der Waals surface area contributed by atoms with Gasteiger partial charge >= 0.3 is 0 Å². The van der Waals surface area contributed by atoms with Crippen molar-refractivity contribution in [3.05, 3.63) is 0 Å². The molecule has 1 rings (SSSR count). The first-order chi connectivity index (χ1) is 6.71. The molecule has 1 atom stereocenters. The molecule has 0 aliphatic heterocycles. The zero-order chi connectivity index (χ0) is 11.7. The first kappa shape index (κ1) is 12.6. The third-order valence-electron chi connectivity index (χ3n) is 3.30. The van der Waals surface area contributed by atoms with Crippen LogP contribution >= 0.6 is 0 Å². The van der Waals surface area contributed by atoms with Gasteiger partial charge in [0, 0.05) is 6.42 Å². The molecule has 0 saturated heterocycles. The molecule has 0 radical (unpaired) electrons. The van der Waals surface area contributed by atoms with Crippen LogP contribution in [0.15, 0.2) is 0 Å². The van der Waals surface area contributed by atoms with E-state index in [-0.39, 0.29) is 23.5 Å². The van der Waals surface area contributed by atoms with Gasteiger partial charge in [0.15, 0.2) is 5.78 Å². The summed E-state index contributed by atoms with van der Waals surface area (Å²) >= 11 is 0. The van der Waals surface area contributed by atoms with Crippen LogP contribution < -0.4 is 0 Å². The monoisotopic (exact) mass is 234 g/mol. The van der Waals surface area contributed by atoms with E-state index in [9.17, 15) is 13.2 Å². The van der Waals surface area contributed by atoms with Gasteiger partial charge < -0.3 is 0 Å². The highest BCUT2D eigenvalue weighted by Gasteiger charge is 2.35. The van der Waals surface area contributed by atoms with E-state index in [2.05, 4.69) is 13.8 Å². The number of ketones is 1. The molecule has 1 aliphatic rings. The Kier molecular flexibility index (Phi) is 3.55. The fourth-order valence-electron chi connectivity index (χ4n) is 2.31. The Morgan fingerprint density at radius 2 is 2.07 bits per heavy atom. The molecule has 0 aromatic rings. The van der Waals surface area contributed by atoms with Crippen molar-refractivity contribution in [3.8, 4) is 0 Å². The highest BCUT2D eigenvalue weighted by atomic mass is 32.2. The van der Waals surface area contributed by atoms with Gasteiger partial charge in [-0.05, 0) is 24.2 Å². The van der Waals surface area contributed by atoms with E-state index in [1.54, 1.807) is 0 Å². The van der Waals surface area contributed by atoms with E-state index in [0.29, 0.717) is 0 Å². The molecule has 88 valence electrons. The molecule has 0 bridgehead atoms. The summed E-state index contributed by atoms with van der Waals surface area (Å²) in [4.78, 5) is 11.4. The molecule has 0 heterocycles. The largest absolute Gasteiger partial charge is 0.298 e. The molecular formula is C10H18O4S. The normalized spacial score (nSPS) is 25.4. The van der Waals surface area contributed by atoms with Crippen LogP contribution in [0, 0.1) is 11.3 Å². The third kappa shape index (κ3) is 3.91. The Bertz CT molecular complexity index is 342. The van der Waals surface area contributed by atoms with Crippen molar-refractivity contribution in [1.29, 1.82) is 0 Å². The molecule has 0 aromatic carbocycles. The van der Waals surface area contributed by atoms with Crippen LogP contribution in [-0.4, -0.2) is 24.5 Å². The zero-order valence-electron chi connectivity index (χ0n) is 9.19. The summed E-state index contributed by atoms with van der Waals surface area (Å²) in [6.45, 7) is 4.21. The summed E-state index contributed by atoms with van der Waals surface area (Å²) in [6.07, 6.45) is 3.42. The Morgan fingerprint density at radius 1 is 1.47 bits per heavy atom. The number of carbonyl (C=O) groups excluding carboxylic acids is 1. The maximum Gasteiger partial charge on any atom is 0.272 e. The van der Waals surface area contributed by atoms with E-state index >= 15 is 0 Å². The summed E-state index contributed by atoms with van der Waals surface area (Å²) in [5, 5.41) is 0. The minimum absolute atomic E-state index is 0.120. The van der Waals surface area contributed by atoms with E-state index < -0.39 is 15.9 Å². The number of hydrogen-bond acceptors (Lipinski definition) is 3. The fraction of sp³-hybridized carbons (Fsp3) is 0.900. The quantitative estimate of drug-likeness (QED) is 0.751. The molecule has 1 unspecified atom stereocenters. The van der Waals surface area contributed by atoms with Gasteiger partial charge in [-0.15, -0.1) is 0 Å². The second-order valence-corrected chi connectivity index (χ2v) is 6.50. The second-order valence-electron chi connectivity index (χ2n) is 5.05. The predicted molar refractivity (Wildman–Crippen MR) is 57.2 cm³/mol. The van der Waals surface area contributed by atoms with Gasteiger partial charge in [-0.3, -0.25) is 9.35 Å². The van der Waals surface area contributed by atoms with Gasteiger partial charge in [0.1, 0.15) is 5.75 Å². The molecule has 0 aromatic heterocycles. The van der Waals surface area contributed by atoms with Crippen LogP contribution in [0.3, 0.4) is 0 Å². The molecule has 1 aliphatic carbocycles. The van der Waals surface area contributed by atoms with Crippen LogP contribution in [0.4, 0.5) is 0 Å². The molecule has 4 nitrogen and oxygen atoms in total. The minimum atomic E-state index is -4.15. The standard InChI is InChI=1S/C10H18O4S/c1-10(2)5-3-4-8(10)6-9(11)7-15(12,13)14/h8H,3-7H2,1-2H3,(H,12,13,14). The molecule has 0 spiro atoms. The zero-order valence-corrected chi connectivity index (χ0v) is 10.0. The molecular weight excluding hydrogens is 216 g/mol. The lowest BCUT2D eigenvalue weighted by Crippen LogP contribution is -2.24. The van der Waals surface area contributed by atoms with Crippen molar-refractivity contribution in [1.82, 2.24) is 0 Å². The summed E-state index contributed by atoms with van der Waals surface area (Å²) in [6, 6.07) is 0. The Morgan fingerprint density at radius 3 is 2.47 bits per heavy atom. The molecule has 15 heavy (non-hydrogen) atoms. The topological polar surface area (TPSA) is 71.4 Å². The Hall–Kier alpha value is -0.420. The number of rotatable bonds is 4. The lowest BCUT2D eigenvalue weighted by atomic mass is 9.79. The summed E-state index contributed by atoms with van der Waals surface area (Å²) in [7, 11) is -4.15. The first-order valence-electron chi connectivity index (χ1n) is 5.17. The highest BCUT2D eigenvalue weighted by Crippen LogP contribution is 2.44. The van der Waals surface area contributed by atoms with Gasteiger partial charge in [-0.2, -0.15) is 8.42 Å². The average Bonchev–Trinajstić information content (AvgIpc) is 2.26. The van der Waals surface area contributed by atoms with Crippen LogP contribution in [0.2, 0.25) is 0 Å². The maximum atomic E-state index is 11.4. The van der Waals surface area contributed by atoms with E-state index in [1.807, 2.05) is 0 Å². The highest BCUT2D eigenvalue weighted by molar-refractivity contribution is 7.86. The van der Waals surface area contributed by atoms with Crippen molar-refractivity contribution in [3.63, 3.8) is 0 Å². The van der Waals surface area contributed by atoms with Crippen LogP contribution in [0.1, 0.15) is 39.5 Å². The average molecular weight is 234 g/mol. The van der Waals surface area contributed by atoms with Crippen molar-refractivity contribution in [2.45, 2.75) is 39.5 Å². The Balaban J connectivity index is 2.52. The smallest absolute Gasteiger partial charge is 0.272 e. The van der Waals surface area contributed by atoms with Crippen LogP contribution in [-0.2, 0) is 14.9 Å². The van der Waals surface area contributed by atoms with Gasteiger partial charge in [-0.1, -0.05) is 20.3 Å². The predicted octanol–water partition coefficient (Wildman–Crippen LogP) is 1.66. The first-order valence-corrected chi connectivity index (χ1v) is 6.78. The van der Waals surface area contributed by atoms with Gasteiger partial charge in [0.25, 0.3) is 10.1 Å². The molecule has 1 fully saturated rings. The van der Waals surface area contributed by atoms with Crippen molar-refractivity contribution in [2.75, 3.05) is 5.75 Å². The molecule has 1 N–H and O–H groups in total. The number of hydrogen-bond donors (Lipinski definition) is 1. The van der Waals surface area contributed by atoms with Gasteiger partial charge in [-0.25, -0.2) is 0 Å². The van der Waals surface area contributed by atoms with Crippen LogP contribution in [0.25, 0.3) is 0 Å². The van der Waals surface area contributed by atoms with Gasteiger partial charge in [0.05, 0.1) is 0 Å². The van der Waals surface area contributed by atoms with E-state index in [1.165, 1.54) is 0 Å². The third-order valence-corrected chi connectivity index (χ3v) is 3.98. The number of carbonyl (C=O) groups is 1. The SMILES string of the molecule is CC1(C)CCCC1CC(=O)CS(=O)(=O)O. The molecule has 5 heteroatoms. The lowest BCUT2D eigenvalue weighted by Gasteiger charge is -2.26. The Labute approximate surface area is 90.8 Å². The lowest BCUT2D eigenvalue weighted by molar-refractivity contribution is -0.118. The summed E-state index contributed by atoms with van der Waals surface area (Å²) in [5.74, 6) is -0.858. The maximum absolute atomic E-state index is 11.4. The van der Waals surface area contributed by atoms with Crippen LogP contribution in [0.5, 0.6) is 0 Å². The van der Waals surface area contributed by atoms with Gasteiger partial charge in [0.2, 0.25) is 0 Å². The summed E-state index contributed by atoms with van der Waals surface area (Å²) in [5.41, 5.74) is 0.120. The van der Waals surface area contributed by atoms with E-state index in [0.717, 1.165) is 19.3 Å². The second kappa shape index (κ2) is 4.22. The van der Waals surface area contributed by atoms with Crippen molar-refractivity contribution >= 4 is 15.9 Å². The molecule has 1 saturated carbocycles. The van der Waals surface area contributed by atoms with Crippen molar-refractivity contribution < 1.29 is 17.8 Å². The van der Waals surface area contributed by atoms with Crippen molar-refractivity contribution in [2.24, 2.45) is 11.3 Å². The molecule has 0 amide bonds. The number of Topliss-reactive ketones (excluding diaryl/α,β-unsaturated/α-hetero) is 1. The summed E-state index contributed by atoms with van der Waals surface area (Å²) < 4.78 is 29.6.